The molecule has 5 heteroatoms. The summed E-state index contributed by atoms with van der Waals surface area (Å²) < 4.78 is 0. The zero-order valence-electron chi connectivity index (χ0n) is 17.5. The van der Waals surface area contributed by atoms with E-state index in [0.717, 1.165) is 16.9 Å². The third-order valence-corrected chi connectivity index (χ3v) is 5.91. The summed E-state index contributed by atoms with van der Waals surface area (Å²) in [5, 5.41) is 0. The maximum atomic E-state index is 13.2. The zero-order chi connectivity index (χ0) is 20.5. The van der Waals surface area contributed by atoms with E-state index in [4.69, 9.17) is 0 Å². The lowest BCUT2D eigenvalue weighted by Gasteiger charge is -2.29. The minimum atomic E-state index is 0.00000850. The summed E-state index contributed by atoms with van der Waals surface area (Å²) in [5.41, 5.74) is 1.10. The molecule has 0 aliphatic heterocycles. The smallest absolute Gasteiger partial charge is 0.242 e. The summed E-state index contributed by atoms with van der Waals surface area (Å²) in [6, 6.07) is 14.2. The van der Waals surface area contributed by atoms with Gasteiger partial charge in [-0.15, -0.1) is 11.3 Å². The first-order valence-corrected chi connectivity index (χ1v) is 10.9. The fourth-order valence-corrected chi connectivity index (χ4v) is 3.95. The predicted octanol–water partition coefficient (Wildman–Crippen LogP) is 4.87. The summed E-state index contributed by atoms with van der Waals surface area (Å²) in [6.07, 6.45) is 1.41. The molecule has 0 fully saturated rings. The molecular formula is C23H32N2O2S. The number of benzene rings is 1. The molecule has 152 valence electrons. The van der Waals surface area contributed by atoms with Crippen molar-refractivity contribution >= 4 is 23.2 Å². The van der Waals surface area contributed by atoms with Gasteiger partial charge in [-0.05, 0) is 30.5 Å². The Morgan fingerprint density at radius 3 is 2.25 bits per heavy atom. The van der Waals surface area contributed by atoms with Gasteiger partial charge in [0.15, 0.2) is 0 Å². The molecule has 4 nitrogen and oxygen atoms in total. The monoisotopic (exact) mass is 400 g/mol. The van der Waals surface area contributed by atoms with E-state index in [1.165, 1.54) is 4.88 Å². The van der Waals surface area contributed by atoms with E-state index in [1.807, 2.05) is 42.2 Å². The highest BCUT2D eigenvalue weighted by atomic mass is 32.1. The second-order valence-electron chi connectivity index (χ2n) is 7.39. The molecule has 1 aromatic heterocycles. The van der Waals surface area contributed by atoms with Crippen LogP contribution in [0.3, 0.4) is 0 Å². The number of rotatable bonds is 10. The number of carbonyl (C=O) groups excluding carboxylic acids is 2. The molecular weight excluding hydrogens is 368 g/mol. The Bertz CT molecular complexity index is 757. The summed E-state index contributed by atoms with van der Waals surface area (Å²) in [6.45, 7) is 10.1. The van der Waals surface area contributed by atoms with Crippen molar-refractivity contribution < 1.29 is 9.59 Å². The van der Waals surface area contributed by atoms with E-state index in [1.54, 1.807) is 16.2 Å². The number of hydrogen-bond acceptors (Lipinski definition) is 3. The molecule has 0 unspecified atom stereocenters. The highest BCUT2D eigenvalue weighted by molar-refractivity contribution is 7.11. The molecule has 2 rings (SSSR count). The number of carbonyl (C=O) groups is 2. The van der Waals surface area contributed by atoms with Gasteiger partial charge in [-0.3, -0.25) is 9.59 Å². The van der Waals surface area contributed by atoms with Gasteiger partial charge in [0.1, 0.15) is 0 Å². The largest absolute Gasteiger partial charge is 0.333 e. The molecule has 0 N–H and O–H groups in total. The van der Waals surface area contributed by atoms with Gasteiger partial charge in [-0.2, -0.15) is 0 Å². The van der Waals surface area contributed by atoms with Gasteiger partial charge in [-0.25, -0.2) is 0 Å². The first-order valence-electron chi connectivity index (χ1n) is 10.1. The molecule has 0 aliphatic carbocycles. The van der Waals surface area contributed by atoms with Crippen LogP contribution in [0.25, 0.3) is 0 Å². The van der Waals surface area contributed by atoms with Crippen LogP contribution in [0.2, 0.25) is 0 Å². The lowest BCUT2D eigenvalue weighted by molar-refractivity contribution is -0.141. The maximum absolute atomic E-state index is 13.2. The van der Waals surface area contributed by atoms with E-state index in [0.29, 0.717) is 32.0 Å². The summed E-state index contributed by atoms with van der Waals surface area (Å²) in [7, 11) is 0. The highest BCUT2D eigenvalue weighted by Gasteiger charge is 2.22. The second-order valence-corrected chi connectivity index (χ2v) is 8.76. The molecule has 2 amide bonds. The van der Waals surface area contributed by atoms with Crippen LogP contribution in [-0.2, 0) is 22.7 Å². The topological polar surface area (TPSA) is 40.6 Å². The minimum absolute atomic E-state index is 0.00000850. The standard InChI is InChI=1S/C23H32N2O2S/c1-5-18(3)14-24(22(26)6-2)17-23(27)25(15-20-10-8-7-9-11-20)16-21-13-12-19(4)28-21/h7-13,18H,5-6,14-17H2,1-4H3/t18-/m1/s1. The number of thiophene rings is 1. The van der Waals surface area contributed by atoms with Crippen molar-refractivity contribution in [1.29, 1.82) is 0 Å². The van der Waals surface area contributed by atoms with E-state index in [2.05, 4.69) is 32.9 Å². The maximum Gasteiger partial charge on any atom is 0.242 e. The highest BCUT2D eigenvalue weighted by Crippen LogP contribution is 2.19. The molecule has 1 heterocycles. The SMILES string of the molecule is CCC(=O)N(CC(=O)N(Cc1ccccc1)Cc1ccc(C)s1)C[C@H](C)CC. The van der Waals surface area contributed by atoms with Crippen molar-refractivity contribution in [2.75, 3.05) is 13.1 Å². The van der Waals surface area contributed by atoms with Gasteiger partial charge in [0.05, 0.1) is 13.1 Å². The molecule has 2 aromatic rings. The Labute approximate surface area is 173 Å². The summed E-state index contributed by atoms with van der Waals surface area (Å²) in [4.78, 5) is 31.6. The van der Waals surface area contributed by atoms with Crippen molar-refractivity contribution in [1.82, 2.24) is 9.80 Å². The van der Waals surface area contributed by atoms with E-state index < -0.39 is 0 Å². The van der Waals surface area contributed by atoms with Crippen LogP contribution < -0.4 is 0 Å². The van der Waals surface area contributed by atoms with Gasteiger partial charge in [0.2, 0.25) is 11.8 Å². The fourth-order valence-electron chi connectivity index (χ4n) is 3.04. The molecule has 28 heavy (non-hydrogen) atoms. The third-order valence-electron chi connectivity index (χ3n) is 4.92. The zero-order valence-corrected chi connectivity index (χ0v) is 18.3. The number of hydrogen-bond donors (Lipinski definition) is 0. The van der Waals surface area contributed by atoms with Gasteiger partial charge >= 0.3 is 0 Å². The van der Waals surface area contributed by atoms with Crippen LogP contribution in [0.1, 0.15) is 48.9 Å². The quantitative estimate of drug-likeness (QED) is 0.571. The van der Waals surface area contributed by atoms with Crippen LogP contribution in [0.4, 0.5) is 0 Å². The number of amides is 2. The van der Waals surface area contributed by atoms with Crippen LogP contribution in [0, 0.1) is 12.8 Å². The average molecular weight is 401 g/mol. The Morgan fingerprint density at radius 1 is 0.964 bits per heavy atom. The van der Waals surface area contributed by atoms with E-state index in [9.17, 15) is 9.59 Å². The van der Waals surface area contributed by atoms with Crippen LogP contribution >= 0.6 is 11.3 Å². The Balaban J connectivity index is 2.16. The van der Waals surface area contributed by atoms with Crippen molar-refractivity contribution in [2.24, 2.45) is 5.92 Å². The van der Waals surface area contributed by atoms with Gasteiger partial charge < -0.3 is 9.80 Å². The molecule has 1 atom stereocenters. The first kappa shape index (κ1) is 22.2. The van der Waals surface area contributed by atoms with E-state index in [-0.39, 0.29) is 18.4 Å². The van der Waals surface area contributed by atoms with Gasteiger partial charge in [0, 0.05) is 29.3 Å². The van der Waals surface area contributed by atoms with Gasteiger partial charge in [0.25, 0.3) is 0 Å². The normalized spacial score (nSPS) is 11.9. The average Bonchev–Trinajstić information content (AvgIpc) is 3.11. The third kappa shape index (κ3) is 6.79. The minimum Gasteiger partial charge on any atom is -0.333 e. The molecule has 0 saturated carbocycles. The lowest BCUT2D eigenvalue weighted by atomic mass is 10.1. The molecule has 1 aromatic carbocycles. The summed E-state index contributed by atoms with van der Waals surface area (Å²) in [5.74, 6) is 0.422. The number of aryl methyl sites for hydroxylation is 1. The van der Waals surface area contributed by atoms with Gasteiger partial charge in [-0.1, -0.05) is 57.5 Å². The van der Waals surface area contributed by atoms with Crippen molar-refractivity contribution in [3.63, 3.8) is 0 Å². The Kier molecular flexibility index (Phi) is 8.71. The van der Waals surface area contributed by atoms with Crippen LogP contribution in [-0.4, -0.2) is 34.7 Å². The van der Waals surface area contributed by atoms with Crippen LogP contribution in [0.15, 0.2) is 42.5 Å². The molecule has 0 spiro atoms. The van der Waals surface area contributed by atoms with Crippen molar-refractivity contribution in [3.8, 4) is 0 Å². The van der Waals surface area contributed by atoms with Crippen molar-refractivity contribution in [2.45, 2.75) is 53.6 Å². The van der Waals surface area contributed by atoms with E-state index >= 15 is 0 Å². The Morgan fingerprint density at radius 2 is 1.68 bits per heavy atom. The Hall–Kier alpha value is -2.14. The molecule has 0 saturated heterocycles. The molecule has 0 bridgehead atoms. The summed E-state index contributed by atoms with van der Waals surface area (Å²) >= 11 is 1.71. The lowest BCUT2D eigenvalue weighted by Crippen LogP contribution is -2.43. The molecule has 0 aliphatic rings. The van der Waals surface area contributed by atoms with Crippen LogP contribution in [0.5, 0.6) is 0 Å². The second kappa shape index (κ2) is 11.0. The molecule has 0 radical (unpaired) electrons. The first-order chi connectivity index (χ1) is 13.4. The number of nitrogens with zero attached hydrogens (tertiary/aromatic N) is 2. The van der Waals surface area contributed by atoms with Crippen molar-refractivity contribution in [3.05, 3.63) is 57.8 Å². The predicted molar refractivity (Wildman–Crippen MR) is 116 cm³/mol. The fraction of sp³-hybridized carbons (Fsp3) is 0.478.